The molecule has 93 heavy (non-hydrogen) atoms. The molecule has 3 N–H and O–H groups in total. The minimum Gasteiger partial charge on any atom is -0.465 e. The molecule has 0 aromatic heterocycles. The Morgan fingerprint density at radius 2 is 0.892 bits per heavy atom. The molecule has 0 radical (unpaired) electrons. The normalized spacial score (nSPS) is 31.3. The predicted molar refractivity (Wildman–Crippen MR) is 293 cm³/mol. The van der Waals surface area contributed by atoms with Gasteiger partial charge >= 0.3 is 71.6 Å². The third-order valence-corrected chi connectivity index (χ3v) is 13.5. The second-order valence-electron chi connectivity index (χ2n) is 21.2. The molecule has 524 valence electrons. The van der Waals surface area contributed by atoms with Crippen LogP contribution in [0, 0.1) is 0 Å². The summed E-state index contributed by atoms with van der Waals surface area (Å²) < 4.78 is 117. The van der Waals surface area contributed by atoms with Crippen LogP contribution in [0.25, 0.3) is 0 Å². The van der Waals surface area contributed by atoms with E-state index in [2.05, 4.69) is 10.6 Å². The molecule has 4 aliphatic heterocycles. The minimum absolute atomic E-state index is 0.115. The van der Waals surface area contributed by atoms with Gasteiger partial charge in [-0.1, -0.05) is 0 Å². The summed E-state index contributed by atoms with van der Waals surface area (Å²) in [5.41, 5.74) is 0. The Hall–Kier alpha value is -7.78. The van der Waals surface area contributed by atoms with Crippen LogP contribution in [0.2, 0.25) is 0 Å². The molecular weight excluding hydrogens is 1260 g/mol. The molecule has 4 aliphatic rings. The van der Waals surface area contributed by atoms with Crippen molar-refractivity contribution < 1.29 is 167 Å². The third-order valence-electron chi connectivity index (χ3n) is 13.5. The molecule has 2 amide bonds. The van der Waals surface area contributed by atoms with Crippen molar-refractivity contribution in [2.24, 2.45) is 0 Å². The summed E-state index contributed by atoms with van der Waals surface area (Å²) in [6.07, 6.45) is -36.8. The topological polar surface area (TPSA) is 468 Å². The lowest BCUT2D eigenvalue weighted by Gasteiger charge is -2.52. The van der Waals surface area contributed by atoms with Gasteiger partial charge in [0.25, 0.3) is 5.79 Å². The molecule has 0 unspecified atom stereocenters. The van der Waals surface area contributed by atoms with Gasteiger partial charge < -0.3 is 110 Å². The van der Waals surface area contributed by atoms with Gasteiger partial charge in [0, 0.05) is 96.6 Å². The first kappa shape index (κ1) is 77.7. The molecule has 4 fully saturated rings. The van der Waals surface area contributed by atoms with E-state index in [1.165, 1.54) is 6.92 Å². The van der Waals surface area contributed by atoms with E-state index in [0.29, 0.717) is 0 Å². The van der Waals surface area contributed by atoms with E-state index in [1.54, 1.807) is 0 Å². The second kappa shape index (κ2) is 35.5. The van der Waals surface area contributed by atoms with Crippen LogP contribution < -0.4 is 10.6 Å². The first-order chi connectivity index (χ1) is 43.5. The minimum atomic E-state index is -3.23. The van der Waals surface area contributed by atoms with E-state index in [-0.39, 0.29) is 6.61 Å². The van der Waals surface area contributed by atoms with Crippen molar-refractivity contribution in [3.63, 3.8) is 0 Å². The summed E-state index contributed by atoms with van der Waals surface area (Å²) in [6.45, 7) is 10.3. The molecule has 4 heterocycles. The average Bonchev–Trinajstić information content (AvgIpc) is 0.750. The lowest BCUT2D eigenvalue weighted by Crippen LogP contribution is -2.72. The second-order valence-corrected chi connectivity index (χ2v) is 21.2. The molecule has 4 saturated heterocycles. The summed E-state index contributed by atoms with van der Waals surface area (Å²) in [4.78, 5) is 182. The average molecular weight is 1340 g/mol. The number of carbonyl (C=O) groups excluding carboxylic acids is 14. The maximum Gasteiger partial charge on any atom is 0.366 e. The highest BCUT2D eigenvalue weighted by Gasteiger charge is 2.65. The van der Waals surface area contributed by atoms with Gasteiger partial charge in [0.05, 0.1) is 19.6 Å². The van der Waals surface area contributed by atoms with E-state index < -0.39 is 245 Å². The van der Waals surface area contributed by atoms with Crippen molar-refractivity contribution >= 4 is 83.4 Å². The Balaban J connectivity index is 2.07. The molecule has 4 rings (SSSR count). The van der Waals surface area contributed by atoms with Gasteiger partial charge in [-0.15, -0.1) is 0 Å². The van der Waals surface area contributed by atoms with Crippen molar-refractivity contribution in [1.82, 2.24) is 10.6 Å². The van der Waals surface area contributed by atoms with E-state index >= 15 is 0 Å². The van der Waals surface area contributed by atoms with Gasteiger partial charge in [0.2, 0.25) is 11.8 Å². The maximum absolute atomic E-state index is 14.9. The molecule has 0 aromatic carbocycles. The molecule has 37 nitrogen and oxygen atoms in total. The zero-order chi connectivity index (χ0) is 69.9. The molecule has 21 atom stereocenters. The SMILES string of the molecule is CCO[C@@H]1O[C@H](COC(C)=O)[C@H](OC(C)=O)[C@H](O[C@@H]2O[C@H](COC(C)=O)[C@@H](O[C@@H]3O[C@H](COC(C)=O)[C@H](OC(C)=O)[C@H](O[C@]4(C(=O)OC)C[C@H](OC(C)=O)[C@@H](NC(C)=O)[C@H]([C@H](OC(C)=O)[C@@H](COC(C)=O)OC(C)=O)O4)[C@H]3OC(C)=O)[C@H](O)[C@H]2NC(C)=O)[C@H]1OC(C)=O. The fraction of sp³-hybridized carbons (Fsp3) is 0.750. The van der Waals surface area contributed by atoms with Crippen LogP contribution in [0.5, 0.6) is 0 Å². The molecule has 0 aliphatic carbocycles. The number of nitrogens with one attached hydrogen (secondary N) is 2. The lowest BCUT2D eigenvalue weighted by molar-refractivity contribution is -0.387. The Morgan fingerprint density at radius 1 is 0.473 bits per heavy atom. The predicted octanol–water partition coefficient (Wildman–Crippen LogP) is -2.84. The number of ether oxygens (including phenoxy) is 20. The number of hydrogen-bond acceptors (Lipinski definition) is 35. The highest BCUT2D eigenvalue weighted by Crippen LogP contribution is 2.43. The van der Waals surface area contributed by atoms with E-state index in [9.17, 15) is 72.2 Å². The van der Waals surface area contributed by atoms with Crippen molar-refractivity contribution in [2.45, 2.75) is 232 Å². The van der Waals surface area contributed by atoms with Crippen molar-refractivity contribution in [2.75, 3.05) is 40.1 Å². The first-order valence-electron chi connectivity index (χ1n) is 28.8. The zero-order valence-electron chi connectivity index (χ0n) is 53.6. The Labute approximate surface area is 531 Å². The number of aliphatic hydroxyl groups excluding tert-OH is 1. The van der Waals surface area contributed by atoms with Gasteiger partial charge in [-0.3, -0.25) is 62.3 Å². The fourth-order valence-corrected chi connectivity index (χ4v) is 10.4. The zero-order valence-corrected chi connectivity index (χ0v) is 53.6. The number of carbonyl (C=O) groups is 14. The van der Waals surface area contributed by atoms with E-state index in [4.69, 9.17) is 94.7 Å². The van der Waals surface area contributed by atoms with E-state index in [1.807, 2.05) is 0 Å². The van der Waals surface area contributed by atoms with Crippen LogP contribution in [0.15, 0.2) is 0 Å². The summed E-state index contributed by atoms with van der Waals surface area (Å²) in [5.74, 6) is -18.1. The monoisotopic (exact) mass is 1340 g/mol. The van der Waals surface area contributed by atoms with Crippen LogP contribution in [-0.4, -0.2) is 257 Å². The quantitative estimate of drug-likeness (QED) is 0.0524. The van der Waals surface area contributed by atoms with Crippen molar-refractivity contribution in [3.8, 4) is 0 Å². The summed E-state index contributed by atoms with van der Waals surface area (Å²) in [7, 11) is 0.800. The number of rotatable bonds is 28. The number of amides is 2. The van der Waals surface area contributed by atoms with Gasteiger partial charge in [0.1, 0.15) is 87.4 Å². The lowest BCUT2D eigenvalue weighted by atomic mass is 9.87. The van der Waals surface area contributed by atoms with Crippen LogP contribution in [-0.2, 0) is 162 Å². The molecular formula is C56H80N2O35. The number of hydrogen-bond donors (Lipinski definition) is 3. The molecule has 0 bridgehead atoms. The fourth-order valence-electron chi connectivity index (χ4n) is 10.4. The standard InChI is InChI=1S/C56H80N2O35/c1-16-75-53-50(85-33(13)70)48(45(83-31(11)68)38(88-53)20-78-26(6)63)91-52-41(58-23(3)60)42(72)43(36(87-52)18-76-24(4)61)90-54-51(86-34(14)71)49(46(84-32(12)69)39(89-54)21-79-27(7)64)93-56(55(73)74-15)17-35(80-28(8)65)40(57-22(2)59)47(92-56)44(82-30(10)67)37(81-29(9)66)19-77-25(5)62/h35-54,72H,16-21H2,1-15H3,(H,57,59)(H,58,60)/t35-,36+,37+,38+,39+,40+,41+,42+,43+,44+,45-,46-,47+,48-,49-,50+,51+,52-,53+,54-,56-/m0/s1. The Bertz CT molecular complexity index is 2700. The largest absolute Gasteiger partial charge is 0.465 e. The molecule has 0 spiro atoms. The molecule has 0 saturated carbocycles. The third kappa shape index (κ3) is 22.7. The van der Waals surface area contributed by atoms with Gasteiger partial charge in [-0.2, -0.15) is 0 Å². The van der Waals surface area contributed by atoms with Gasteiger partial charge in [-0.05, 0) is 6.92 Å². The van der Waals surface area contributed by atoms with Gasteiger partial charge in [0.15, 0.2) is 55.5 Å². The van der Waals surface area contributed by atoms with Crippen LogP contribution in [0.1, 0.15) is 103 Å². The highest BCUT2D eigenvalue weighted by atomic mass is 16.8. The molecule has 0 aromatic rings. The maximum atomic E-state index is 14.9. The highest BCUT2D eigenvalue weighted by molar-refractivity contribution is 5.79. The smallest absolute Gasteiger partial charge is 0.366 e. The van der Waals surface area contributed by atoms with Crippen LogP contribution >= 0.6 is 0 Å². The summed E-state index contributed by atoms with van der Waals surface area (Å²) >= 11 is 0. The van der Waals surface area contributed by atoms with Crippen LogP contribution in [0.4, 0.5) is 0 Å². The number of esters is 12. The summed E-state index contributed by atoms with van der Waals surface area (Å²) in [5, 5.41) is 17.7. The molecule has 37 heteroatoms. The number of aliphatic hydroxyl groups is 1. The first-order valence-corrected chi connectivity index (χ1v) is 28.8. The van der Waals surface area contributed by atoms with Crippen LogP contribution in [0.3, 0.4) is 0 Å². The van der Waals surface area contributed by atoms with E-state index in [0.717, 1.165) is 97.1 Å². The Kier molecular flexibility index (Phi) is 29.6. The van der Waals surface area contributed by atoms with Gasteiger partial charge in [-0.25, -0.2) is 4.79 Å². The Morgan fingerprint density at radius 3 is 1.33 bits per heavy atom. The van der Waals surface area contributed by atoms with Crippen molar-refractivity contribution in [3.05, 3.63) is 0 Å². The van der Waals surface area contributed by atoms with Crippen molar-refractivity contribution in [1.29, 1.82) is 0 Å². The number of methoxy groups -OCH3 is 1. The summed E-state index contributed by atoms with van der Waals surface area (Å²) in [6, 6.07) is -3.69.